The summed E-state index contributed by atoms with van der Waals surface area (Å²) in [6, 6.07) is 0. The summed E-state index contributed by atoms with van der Waals surface area (Å²) in [5.41, 5.74) is 0.274. The zero-order valence-electron chi connectivity index (χ0n) is 6.48. The van der Waals surface area contributed by atoms with Crippen molar-refractivity contribution in [2.24, 2.45) is 5.92 Å². The monoisotopic (exact) mass is 184 g/mol. The van der Waals surface area contributed by atoms with E-state index in [9.17, 15) is 9.00 Å². The van der Waals surface area contributed by atoms with Crippen LogP contribution in [0, 0.1) is 5.92 Å². The maximum atomic E-state index is 10.6. The average Bonchev–Trinajstić information content (AvgIpc) is 2.04. The average molecular weight is 184 g/mol. The number of hydrogen-bond acceptors (Lipinski definition) is 2. The predicted octanol–water partition coefficient (Wildman–Crippen LogP) is 0.589. The molecule has 0 fully saturated rings. The van der Waals surface area contributed by atoms with Crippen LogP contribution >= 0.6 is 0 Å². The molecule has 0 aromatic carbocycles. The quantitative estimate of drug-likeness (QED) is 0.607. The molecule has 0 spiro atoms. The number of hydrogen-bond donors (Lipinski definition) is 1. The van der Waals surface area contributed by atoms with Crippen molar-refractivity contribution in [1.29, 1.82) is 0 Å². The van der Waals surface area contributed by atoms with Gasteiger partial charge >= 0.3 is 5.97 Å². The molecule has 0 aromatic heterocycles. The third-order valence-corrected chi connectivity index (χ3v) is 2.45. The van der Waals surface area contributed by atoms with Gasteiger partial charge in [0.05, 0.1) is 16.1 Å². The molecule has 4 heteroatoms. The molecule has 0 amide bonds. The van der Waals surface area contributed by atoms with Crippen LogP contribution in [0.4, 0.5) is 0 Å². The largest absolute Gasteiger partial charge is 0.478 e. The lowest BCUT2D eigenvalue weighted by Crippen LogP contribution is -2.19. The summed E-state index contributed by atoms with van der Waals surface area (Å²) in [6.45, 7) is 1.71. The normalized spacial score (nSPS) is 21.9. The van der Waals surface area contributed by atoms with Crippen molar-refractivity contribution in [3.8, 4) is 0 Å². The van der Waals surface area contributed by atoms with Crippen molar-refractivity contribution in [2.45, 2.75) is 6.92 Å². The van der Waals surface area contributed by atoms with Crippen LogP contribution in [-0.4, -0.2) is 20.1 Å². The minimum Gasteiger partial charge on any atom is -0.478 e. The van der Waals surface area contributed by atoms with Crippen LogP contribution in [0.15, 0.2) is 23.8 Å². The Morgan fingerprint density at radius 3 is 2.83 bits per heavy atom. The first-order valence-electron chi connectivity index (χ1n) is 3.45. The Morgan fingerprint density at radius 2 is 2.33 bits per heavy atom. The van der Waals surface area contributed by atoms with Crippen LogP contribution in [-0.2, 0) is 16.1 Å². The van der Waals surface area contributed by atoms with Gasteiger partial charge in [-0.05, 0) is 6.08 Å². The smallest absolute Gasteiger partial charge is 0.332 e. The van der Waals surface area contributed by atoms with Gasteiger partial charge in [0.2, 0.25) is 0 Å². The van der Waals surface area contributed by atoms with Crippen molar-refractivity contribution in [1.82, 2.24) is 0 Å². The first kappa shape index (κ1) is 8.93. The van der Waals surface area contributed by atoms with Crippen LogP contribution in [0.25, 0.3) is 0 Å². The molecule has 0 aliphatic heterocycles. The Bertz CT molecular complexity index is 321. The second-order valence-electron chi connectivity index (χ2n) is 2.49. The fourth-order valence-electron chi connectivity index (χ4n) is 1.05. The van der Waals surface area contributed by atoms with Gasteiger partial charge < -0.3 is 5.11 Å². The van der Waals surface area contributed by atoms with Gasteiger partial charge in [-0.15, -0.1) is 0 Å². The van der Waals surface area contributed by atoms with Gasteiger partial charge in [0.1, 0.15) is 0 Å². The fraction of sp³-hybridized carbons (Fsp3) is 0.250. The van der Waals surface area contributed by atoms with E-state index >= 15 is 0 Å². The number of carboxylic acids is 1. The van der Waals surface area contributed by atoms with Gasteiger partial charge in [-0.2, -0.15) is 0 Å². The number of carbonyl (C=O) groups is 1. The Morgan fingerprint density at radius 1 is 1.67 bits per heavy atom. The zero-order valence-corrected chi connectivity index (χ0v) is 7.30. The number of rotatable bonds is 1. The highest BCUT2D eigenvalue weighted by Crippen LogP contribution is 2.16. The van der Waals surface area contributed by atoms with Crippen molar-refractivity contribution in [3.63, 3.8) is 0 Å². The summed E-state index contributed by atoms with van der Waals surface area (Å²) in [6.07, 6.45) is 4.76. The van der Waals surface area contributed by atoms with Gasteiger partial charge in [-0.1, -0.05) is 19.1 Å². The third kappa shape index (κ3) is 1.53. The van der Waals surface area contributed by atoms with Crippen LogP contribution < -0.4 is 0 Å². The third-order valence-electron chi connectivity index (χ3n) is 1.77. The molecule has 0 heterocycles. The van der Waals surface area contributed by atoms with E-state index in [1.54, 1.807) is 19.1 Å². The molecule has 0 saturated carbocycles. The van der Waals surface area contributed by atoms with Gasteiger partial charge in [0.15, 0.2) is 0 Å². The van der Waals surface area contributed by atoms with Crippen molar-refractivity contribution >= 4 is 22.1 Å². The SMILES string of the molecule is CC1C(C(=O)O)=CC=CC1=S=O. The maximum Gasteiger partial charge on any atom is 0.332 e. The Kier molecular flexibility index (Phi) is 2.60. The number of carboxylic acid groups (broad SMARTS) is 1. The molecule has 1 unspecified atom stereocenters. The van der Waals surface area contributed by atoms with Crippen molar-refractivity contribution < 1.29 is 14.1 Å². The molecule has 64 valence electrons. The number of aliphatic carboxylic acids is 1. The predicted molar refractivity (Wildman–Crippen MR) is 47.2 cm³/mol. The molecule has 1 atom stereocenters. The van der Waals surface area contributed by atoms with E-state index in [1.807, 2.05) is 0 Å². The lowest BCUT2D eigenvalue weighted by Gasteiger charge is -2.13. The van der Waals surface area contributed by atoms with Gasteiger partial charge in [0.25, 0.3) is 0 Å². The van der Waals surface area contributed by atoms with Crippen LogP contribution in [0.3, 0.4) is 0 Å². The summed E-state index contributed by atoms with van der Waals surface area (Å²) in [5, 5.41) is 8.70. The minimum atomic E-state index is -0.960. The molecule has 1 aliphatic rings. The van der Waals surface area contributed by atoms with E-state index < -0.39 is 5.97 Å². The second-order valence-corrected chi connectivity index (χ2v) is 3.13. The molecule has 1 aliphatic carbocycles. The topological polar surface area (TPSA) is 54.4 Å². The Hall–Kier alpha value is -1.16. The minimum absolute atomic E-state index is 0.274. The second kappa shape index (κ2) is 3.49. The lowest BCUT2D eigenvalue weighted by atomic mass is 9.93. The number of allylic oxidation sites excluding steroid dienone is 3. The highest BCUT2D eigenvalue weighted by Gasteiger charge is 2.20. The highest BCUT2D eigenvalue weighted by atomic mass is 32.1. The maximum absolute atomic E-state index is 10.6. The summed E-state index contributed by atoms with van der Waals surface area (Å²) >= 11 is 0.351. The first-order valence-corrected chi connectivity index (χ1v) is 4.19. The van der Waals surface area contributed by atoms with Crippen LogP contribution in [0.5, 0.6) is 0 Å². The first-order chi connectivity index (χ1) is 5.66. The van der Waals surface area contributed by atoms with E-state index in [2.05, 4.69) is 0 Å². The Labute approximate surface area is 73.5 Å². The molecule has 0 saturated heterocycles. The molecule has 0 bridgehead atoms. The van der Waals surface area contributed by atoms with E-state index in [0.717, 1.165) is 0 Å². The zero-order chi connectivity index (χ0) is 9.14. The summed E-state index contributed by atoms with van der Waals surface area (Å²) in [7, 11) is 0. The Balaban J connectivity index is 3.06. The van der Waals surface area contributed by atoms with E-state index in [4.69, 9.17) is 5.11 Å². The molecule has 0 radical (unpaired) electrons. The van der Waals surface area contributed by atoms with E-state index in [-0.39, 0.29) is 11.5 Å². The van der Waals surface area contributed by atoms with Crippen molar-refractivity contribution in [3.05, 3.63) is 23.8 Å². The van der Waals surface area contributed by atoms with Gasteiger partial charge in [0, 0.05) is 11.5 Å². The molecule has 12 heavy (non-hydrogen) atoms. The summed E-state index contributed by atoms with van der Waals surface area (Å²) < 4.78 is 10.5. The molecule has 0 aromatic rings. The summed E-state index contributed by atoms with van der Waals surface area (Å²) in [5.74, 6) is -1.24. The van der Waals surface area contributed by atoms with Gasteiger partial charge in [-0.25, -0.2) is 9.00 Å². The fourth-order valence-corrected chi connectivity index (χ4v) is 1.45. The molecule has 1 N–H and O–H groups in total. The molecular weight excluding hydrogens is 176 g/mol. The molecule has 3 nitrogen and oxygen atoms in total. The molecule has 1 rings (SSSR count). The van der Waals surface area contributed by atoms with Gasteiger partial charge in [-0.3, -0.25) is 0 Å². The van der Waals surface area contributed by atoms with Crippen LogP contribution in [0.1, 0.15) is 6.92 Å². The van der Waals surface area contributed by atoms with Crippen LogP contribution in [0.2, 0.25) is 0 Å². The lowest BCUT2D eigenvalue weighted by molar-refractivity contribution is -0.133. The highest BCUT2D eigenvalue weighted by molar-refractivity contribution is 7.67. The van der Waals surface area contributed by atoms with E-state index in [0.29, 0.717) is 16.1 Å². The summed E-state index contributed by atoms with van der Waals surface area (Å²) in [4.78, 5) is 11.2. The van der Waals surface area contributed by atoms with E-state index in [1.165, 1.54) is 6.08 Å². The molecular formula is C8H8O3S. The van der Waals surface area contributed by atoms with Crippen molar-refractivity contribution in [2.75, 3.05) is 0 Å². The standard InChI is InChI=1S/C8H8O3S/c1-5-6(8(9)10)3-2-4-7(5)12-11/h2-5H,1H3,(H,9,10).